The van der Waals surface area contributed by atoms with Crippen molar-refractivity contribution in [1.29, 1.82) is 0 Å². The topological polar surface area (TPSA) is 68.1 Å². The minimum Gasteiger partial charge on any atom is -0.320 e. The van der Waals surface area contributed by atoms with Gasteiger partial charge in [-0.15, -0.1) is 12.4 Å². The number of para-hydroxylation sites is 1. The van der Waals surface area contributed by atoms with Gasteiger partial charge in [-0.1, -0.05) is 18.2 Å². The number of nitrogens with zero attached hydrogens (tertiary/aromatic N) is 2. The van der Waals surface area contributed by atoms with Crippen LogP contribution in [0.1, 0.15) is 12.1 Å². The number of nitrogens with one attached hydrogen (secondary N) is 2. The Morgan fingerprint density at radius 1 is 1.23 bits per heavy atom. The van der Waals surface area contributed by atoms with Crippen molar-refractivity contribution in [3.8, 4) is 5.69 Å². The van der Waals surface area contributed by atoms with E-state index < -0.39 is 0 Å². The number of aromatic nitrogens is 2. The van der Waals surface area contributed by atoms with Crippen LogP contribution in [0.3, 0.4) is 0 Å². The molecule has 0 saturated carbocycles. The molecule has 2 aromatic rings. The highest BCUT2D eigenvalue weighted by molar-refractivity contribution is 5.91. The number of benzene rings is 1. The van der Waals surface area contributed by atoms with Crippen molar-refractivity contribution in [2.75, 3.05) is 18.9 Å². The first-order valence-electron chi connectivity index (χ1n) is 6.84. The Kier molecular flexibility index (Phi) is 6.39. The predicted octanol–water partition coefficient (Wildman–Crippen LogP) is 1.45. The monoisotopic (exact) mass is 324 g/mol. The molecule has 0 unspecified atom stereocenters. The summed E-state index contributed by atoms with van der Waals surface area (Å²) in [5, 5.41) is 5.62. The summed E-state index contributed by atoms with van der Waals surface area (Å²) >= 11 is 0. The third-order valence-corrected chi connectivity index (χ3v) is 3.42. The van der Waals surface area contributed by atoms with E-state index in [1.54, 1.807) is 23.5 Å². The van der Waals surface area contributed by atoms with E-state index in [9.17, 15) is 9.59 Å². The Balaban J connectivity index is 0.00000242. The van der Waals surface area contributed by atoms with E-state index in [2.05, 4.69) is 10.6 Å². The van der Waals surface area contributed by atoms with Crippen molar-refractivity contribution in [1.82, 2.24) is 14.7 Å². The van der Waals surface area contributed by atoms with Gasteiger partial charge in [0.1, 0.15) is 5.69 Å². The molecule has 2 rings (SSSR count). The quantitative estimate of drug-likeness (QED) is 0.875. The molecule has 0 saturated heterocycles. The highest BCUT2D eigenvalue weighted by Gasteiger charge is 2.17. The molecule has 1 aromatic carbocycles. The molecule has 22 heavy (non-hydrogen) atoms. The van der Waals surface area contributed by atoms with Crippen LogP contribution >= 0.6 is 12.4 Å². The Labute approximate surface area is 135 Å². The van der Waals surface area contributed by atoms with Gasteiger partial charge in [-0.2, -0.15) is 0 Å². The number of anilines is 1. The van der Waals surface area contributed by atoms with Gasteiger partial charge in [0.05, 0.1) is 11.4 Å². The second-order valence-corrected chi connectivity index (χ2v) is 4.84. The number of hydrogen-bond acceptors (Lipinski definition) is 3. The van der Waals surface area contributed by atoms with E-state index in [-0.39, 0.29) is 23.9 Å². The van der Waals surface area contributed by atoms with Crippen LogP contribution in [0.15, 0.2) is 35.1 Å². The molecule has 0 bridgehead atoms. The Bertz CT molecular complexity index is 692. The molecule has 7 heteroatoms. The summed E-state index contributed by atoms with van der Waals surface area (Å²) in [5.74, 6) is -0.171. The van der Waals surface area contributed by atoms with Crippen LogP contribution in [0.4, 0.5) is 5.69 Å². The molecule has 0 aliphatic heterocycles. The lowest BCUT2D eigenvalue weighted by Crippen LogP contribution is -2.24. The maximum Gasteiger partial charge on any atom is 0.295 e. The minimum atomic E-state index is -0.223. The van der Waals surface area contributed by atoms with E-state index in [1.807, 2.05) is 37.3 Å². The van der Waals surface area contributed by atoms with Crippen molar-refractivity contribution in [2.45, 2.75) is 13.3 Å². The minimum absolute atomic E-state index is 0. The SMILES string of the molecule is CNCCC(=O)Nc1c(C)n(C)n(-c2ccccc2)c1=O.Cl. The van der Waals surface area contributed by atoms with Crippen molar-refractivity contribution >= 4 is 24.0 Å². The maximum absolute atomic E-state index is 12.5. The fraction of sp³-hybridized carbons (Fsp3) is 0.333. The van der Waals surface area contributed by atoms with E-state index in [0.29, 0.717) is 18.7 Å². The third kappa shape index (κ3) is 3.58. The Morgan fingerprint density at radius 3 is 2.45 bits per heavy atom. The molecule has 1 aromatic heterocycles. The standard InChI is InChI=1S/C15H20N4O2.ClH/c1-11-14(17-13(20)9-10-16-2)15(21)19(18(11)3)12-7-5-4-6-8-12;/h4-8,16H,9-10H2,1-3H3,(H,17,20);1H. The Hall–Kier alpha value is -2.05. The van der Waals surface area contributed by atoms with Gasteiger partial charge in [-0.3, -0.25) is 14.3 Å². The molecule has 2 N–H and O–H groups in total. The van der Waals surface area contributed by atoms with Crippen LogP contribution in [-0.2, 0) is 11.8 Å². The molecule has 0 spiro atoms. The molecule has 0 radical (unpaired) electrons. The largest absolute Gasteiger partial charge is 0.320 e. The predicted molar refractivity (Wildman–Crippen MR) is 90.2 cm³/mol. The second-order valence-electron chi connectivity index (χ2n) is 4.84. The van der Waals surface area contributed by atoms with Gasteiger partial charge >= 0.3 is 0 Å². The number of halogens is 1. The Morgan fingerprint density at radius 2 is 1.86 bits per heavy atom. The van der Waals surface area contributed by atoms with Gasteiger partial charge in [0.25, 0.3) is 5.56 Å². The van der Waals surface area contributed by atoms with E-state index in [1.165, 1.54) is 0 Å². The third-order valence-electron chi connectivity index (χ3n) is 3.42. The number of hydrogen-bond donors (Lipinski definition) is 2. The van der Waals surface area contributed by atoms with Crippen LogP contribution < -0.4 is 16.2 Å². The van der Waals surface area contributed by atoms with Crippen LogP contribution in [0.25, 0.3) is 5.69 Å². The molecule has 120 valence electrons. The zero-order chi connectivity index (χ0) is 15.4. The summed E-state index contributed by atoms with van der Waals surface area (Å²) in [6, 6.07) is 9.34. The molecular weight excluding hydrogens is 304 g/mol. The smallest absolute Gasteiger partial charge is 0.295 e. The summed E-state index contributed by atoms with van der Waals surface area (Å²) in [5.41, 5.74) is 1.60. The number of rotatable bonds is 5. The lowest BCUT2D eigenvalue weighted by atomic mass is 10.3. The number of carbonyl (C=O) groups excluding carboxylic acids is 1. The summed E-state index contributed by atoms with van der Waals surface area (Å²) in [6.07, 6.45) is 0.329. The zero-order valence-corrected chi connectivity index (χ0v) is 13.7. The molecule has 0 aliphatic rings. The first-order valence-corrected chi connectivity index (χ1v) is 6.84. The van der Waals surface area contributed by atoms with E-state index in [0.717, 1.165) is 11.4 Å². The van der Waals surface area contributed by atoms with Crippen molar-refractivity contribution in [2.24, 2.45) is 7.05 Å². The van der Waals surface area contributed by atoms with Gasteiger partial charge in [0, 0.05) is 20.0 Å². The van der Waals surface area contributed by atoms with E-state index in [4.69, 9.17) is 0 Å². The van der Waals surface area contributed by atoms with Crippen LogP contribution in [0.2, 0.25) is 0 Å². The summed E-state index contributed by atoms with van der Waals surface area (Å²) in [7, 11) is 3.58. The van der Waals surface area contributed by atoms with Crippen molar-refractivity contribution < 1.29 is 4.79 Å². The molecule has 0 fully saturated rings. The van der Waals surface area contributed by atoms with Crippen LogP contribution in [-0.4, -0.2) is 28.9 Å². The number of carbonyl (C=O) groups is 1. The second kappa shape index (κ2) is 7.82. The van der Waals surface area contributed by atoms with Gasteiger partial charge in [-0.25, -0.2) is 4.68 Å². The highest BCUT2D eigenvalue weighted by Crippen LogP contribution is 2.13. The molecular formula is C15H21ClN4O2. The molecule has 1 heterocycles. The lowest BCUT2D eigenvalue weighted by molar-refractivity contribution is -0.116. The molecule has 0 aliphatic carbocycles. The maximum atomic E-state index is 12.5. The van der Waals surface area contributed by atoms with Gasteiger partial charge in [0.15, 0.2) is 0 Å². The van der Waals surface area contributed by atoms with Crippen LogP contribution in [0, 0.1) is 6.92 Å². The van der Waals surface area contributed by atoms with Crippen molar-refractivity contribution in [3.05, 3.63) is 46.4 Å². The summed E-state index contributed by atoms with van der Waals surface area (Å²) in [4.78, 5) is 24.4. The van der Waals surface area contributed by atoms with Crippen LogP contribution in [0.5, 0.6) is 0 Å². The average molecular weight is 325 g/mol. The van der Waals surface area contributed by atoms with Gasteiger partial charge < -0.3 is 10.6 Å². The van der Waals surface area contributed by atoms with Gasteiger partial charge in [-0.05, 0) is 26.1 Å². The normalized spacial score (nSPS) is 10.1. The fourth-order valence-corrected chi connectivity index (χ4v) is 2.15. The summed E-state index contributed by atoms with van der Waals surface area (Å²) in [6.45, 7) is 2.39. The number of amides is 1. The molecule has 6 nitrogen and oxygen atoms in total. The zero-order valence-electron chi connectivity index (χ0n) is 12.9. The van der Waals surface area contributed by atoms with E-state index >= 15 is 0 Å². The first kappa shape index (κ1) is 18.0. The van der Waals surface area contributed by atoms with Crippen molar-refractivity contribution in [3.63, 3.8) is 0 Å². The average Bonchev–Trinajstić information content (AvgIpc) is 2.70. The molecule has 1 amide bonds. The first-order chi connectivity index (χ1) is 10.1. The molecule has 0 atom stereocenters. The van der Waals surface area contributed by atoms with Gasteiger partial charge in [0.2, 0.25) is 5.91 Å². The lowest BCUT2D eigenvalue weighted by Gasteiger charge is -2.07. The highest BCUT2D eigenvalue weighted by atomic mass is 35.5. The fourth-order valence-electron chi connectivity index (χ4n) is 2.15. The summed E-state index contributed by atoms with van der Waals surface area (Å²) < 4.78 is 3.29.